The lowest BCUT2D eigenvalue weighted by atomic mass is 10.7. The molecular formula is C5H5I. The van der Waals surface area contributed by atoms with Gasteiger partial charge in [0.25, 0.3) is 0 Å². The highest BCUT2D eigenvalue weighted by Gasteiger charge is 1.62. The monoisotopic (exact) mass is 192 g/mol. The van der Waals surface area contributed by atoms with E-state index in [1.807, 2.05) is 6.92 Å². The van der Waals surface area contributed by atoms with E-state index in [4.69, 9.17) is 0 Å². The average molecular weight is 192 g/mol. The van der Waals surface area contributed by atoms with Crippen molar-refractivity contribution in [3.8, 4) is 0 Å². The summed E-state index contributed by atoms with van der Waals surface area (Å²) in [6.45, 7) is 5.28. The first-order valence-electron chi connectivity index (χ1n) is 1.54. The summed E-state index contributed by atoms with van der Waals surface area (Å²) in [5.74, 6) is 0. The zero-order valence-electron chi connectivity index (χ0n) is 3.59. The topological polar surface area (TPSA) is 0 Å². The highest BCUT2D eigenvalue weighted by atomic mass is 127. The van der Waals surface area contributed by atoms with E-state index in [-0.39, 0.29) is 0 Å². The van der Waals surface area contributed by atoms with Crippen LogP contribution in [0.15, 0.2) is 21.6 Å². The predicted molar refractivity (Wildman–Crippen MR) is 35.9 cm³/mol. The molecule has 6 heavy (non-hydrogen) atoms. The highest BCUT2D eigenvalue weighted by Crippen LogP contribution is 1.97. The van der Waals surface area contributed by atoms with Crippen LogP contribution in [0.4, 0.5) is 0 Å². The van der Waals surface area contributed by atoms with Crippen LogP contribution in [0.25, 0.3) is 0 Å². The fraction of sp³-hybridized carbons (Fsp3) is 0.200. The van der Waals surface area contributed by atoms with E-state index in [2.05, 4.69) is 40.6 Å². The van der Waals surface area contributed by atoms with Crippen LogP contribution in [-0.2, 0) is 0 Å². The van der Waals surface area contributed by atoms with Crippen molar-refractivity contribution in [3.05, 3.63) is 21.6 Å². The maximum absolute atomic E-state index is 3.34. The Bertz CT molecular complexity index is 108. The summed E-state index contributed by atoms with van der Waals surface area (Å²) in [5, 5.41) is 0. The molecule has 0 aromatic carbocycles. The van der Waals surface area contributed by atoms with Gasteiger partial charge in [-0.1, -0.05) is 11.5 Å². The molecule has 0 aromatic rings. The van der Waals surface area contributed by atoms with E-state index >= 15 is 0 Å². The Morgan fingerprint density at radius 1 is 1.83 bits per heavy atom. The largest absolute Gasteiger partial charge is 0.0774 e. The van der Waals surface area contributed by atoms with Crippen molar-refractivity contribution in [2.75, 3.05) is 0 Å². The molecule has 0 aliphatic carbocycles. The fourth-order valence-corrected chi connectivity index (χ4v) is 0.312. The Morgan fingerprint density at radius 2 is 2.33 bits per heavy atom. The number of rotatable bonds is 0. The molecule has 0 saturated heterocycles. The second-order valence-corrected chi connectivity index (χ2v) is 2.45. The molecule has 0 rings (SSSR count). The lowest BCUT2D eigenvalue weighted by molar-refractivity contribution is 1.75. The standard InChI is InChI=1S/C5H5I/c1-3-4-5(2)6/h1H2,2H3. The Hall–Kier alpha value is 0.0300. The van der Waals surface area contributed by atoms with Gasteiger partial charge in [0.15, 0.2) is 0 Å². The first-order valence-corrected chi connectivity index (χ1v) is 2.62. The zero-order chi connectivity index (χ0) is 4.99. The van der Waals surface area contributed by atoms with E-state index in [1.54, 1.807) is 0 Å². The molecule has 0 unspecified atom stereocenters. The molecule has 0 atom stereocenters. The molecule has 0 aliphatic rings. The van der Waals surface area contributed by atoms with Gasteiger partial charge in [0.2, 0.25) is 0 Å². The Kier molecular flexibility index (Phi) is 3.24. The summed E-state index contributed by atoms with van der Waals surface area (Å²) >= 11 is 2.15. The van der Waals surface area contributed by atoms with Gasteiger partial charge in [-0.2, -0.15) is 0 Å². The average Bonchev–Trinajstić information content (AvgIpc) is 1.35. The van der Waals surface area contributed by atoms with Crippen LogP contribution in [0, 0.1) is 0 Å². The summed E-state index contributed by atoms with van der Waals surface area (Å²) in [5.41, 5.74) is 5.27. The Balaban J connectivity index is 4.13. The maximum Gasteiger partial charge on any atom is 0.0376 e. The van der Waals surface area contributed by atoms with Gasteiger partial charge in [0.05, 0.1) is 0 Å². The van der Waals surface area contributed by atoms with Gasteiger partial charge in [-0.25, -0.2) is 0 Å². The lowest BCUT2D eigenvalue weighted by Crippen LogP contribution is -1.38. The normalized spacial score (nSPS) is 5.67. The van der Waals surface area contributed by atoms with Crippen LogP contribution in [0.1, 0.15) is 6.92 Å². The van der Waals surface area contributed by atoms with E-state index in [0.29, 0.717) is 0 Å². The number of allylic oxidation sites excluding steroid dienone is 1. The molecule has 0 aliphatic heterocycles. The molecule has 0 aromatic heterocycles. The van der Waals surface area contributed by atoms with Gasteiger partial charge in [0.1, 0.15) is 0 Å². The van der Waals surface area contributed by atoms with Crippen LogP contribution in [0.3, 0.4) is 0 Å². The van der Waals surface area contributed by atoms with E-state index in [0.717, 1.165) is 3.58 Å². The maximum atomic E-state index is 3.34. The first-order chi connectivity index (χ1) is 2.77. The third kappa shape index (κ3) is 4.03. The summed E-state index contributed by atoms with van der Waals surface area (Å²) in [4.78, 5) is 0. The summed E-state index contributed by atoms with van der Waals surface area (Å²) < 4.78 is 1.09. The first kappa shape index (κ1) is 6.03. The van der Waals surface area contributed by atoms with Gasteiger partial charge < -0.3 is 0 Å². The molecule has 0 amide bonds. The zero-order valence-corrected chi connectivity index (χ0v) is 5.74. The number of hydrogen-bond acceptors (Lipinski definition) is 0. The smallest absolute Gasteiger partial charge is 0.0376 e. The second kappa shape index (κ2) is 3.23. The molecule has 0 heterocycles. The van der Waals surface area contributed by atoms with Gasteiger partial charge in [-0.15, -0.1) is 0 Å². The van der Waals surface area contributed by atoms with Gasteiger partial charge in [0, 0.05) is 3.58 Å². The van der Waals surface area contributed by atoms with Crippen LogP contribution in [0.2, 0.25) is 0 Å². The molecule has 0 saturated carbocycles. The third-order valence-corrected chi connectivity index (χ3v) is 0.530. The van der Waals surface area contributed by atoms with Crippen LogP contribution >= 0.6 is 22.6 Å². The third-order valence-electron chi connectivity index (χ3n) is 0.261. The summed E-state index contributed by atoms with van der Waals surface area (Å²) in [7, 11) is 0. The molecule has 1 heteroatoms. The Morgan fingerprint density at radius 3 is 2.33 bits per heavy atom. The van der Waals surface area contributed by atoms with Crippen molar-refractivity contribution in [2.45, 2.75) is 6.92 Å². The van der Waals surface area contributed by atoms with E-state index in [9.17, 15) is 0 Å². The Labute approximate surface area is 51.4 Å². The van der Waals surface area contributed by atoms with Crippen LogP contribution in [-0.4, -0.2) is 0 Å². The fourth-order valence-electron chi connectivity index (χ4n) is 0.122. The van der Waals surface area contributed by atoms with Crippen LogP contribution < -0.4 is 0 Å². The van der Waals surface area contributed by atoms with Crippen molar-refractivity contribution in [3.63, 3.8) is 0 Å². The number of halogens is 1. The minimum Gasteiger partial charge on any atom is -0.0774 e. The van der Waals surface area contributed by atoms with Crippen molar-refractivity contribution in [1.82, 2.24) is 0 Å². The molecular weight excluding hydrogens is 187 g/mol. The molecule has 0 fully saturated rings. The summed E-state index contributed by atoms with van der Waals surface area (Å²) in [6.07, 6.45) is 0. The molecule has 0 spiro atoms. The SMILES string of the molecule is C=C=C=C(C)I. The van der Waals surface area contributed by atoms with Crippen LogP contribution in [0.5, 0.6) is 0 Å². The molecule has 0 radical (unpaired) electrons. The molecule has 32 valence electrons. The quantitative estimate of drug-likeness (QED) is 0.408. The van der Waals surface area contributed by atoms with Crippen molar-refractivity contribution < 1.29 is 0 Å². The molecule has 0 bridgehead atoms. The minimum atomic E-state index is 1.09. The highest BCUT2D eigenvalue weighted by molar-refractivity contribution is 14.1. The van der Waals surface area contributed by atoms with Crippen molar-refractivity contribution in [2.24, 2.45) is 0 Å². The van der Waals surface area contributed by atoms with E-state index in [1.165, 1.54) is 0 Å². The lowest BCUT2D eigenvalue weighted by Gasteiger charge is -1.64. The van der Waals surface area contributed by atoms with Gasteiger partial charge in [-0.05, 0) is 36.1 Å². The molecule has 0 N–H and O–H groups in total. The minimum absolute atomic E-state index is 1.09. The predicted octanol–water partition coefficient (Wildman–Crippen LogP) is 2.27. The summed E-state index contributed by atoms with van der Waals surface area (Å²) in [6, 6.07) is 0. The van der Waals surface area contributed by atoms with Gasteiger partial charge >= 0.3 is 0 Å². The molecule has 0 nitrogen and oxygen atoms in total. The van der Waals surface area contributed by atoms with E-state index < -0.39 is 0 Å². The van der Waals surface area contributed by atoms with Crippen molar-refractivity contribution >= 4 is 22.6 Å². The second-order valence-electron chi connectivity index (χ2n) is 0.835. The number of hydrogen-bond donors (Lipinski definition) is 0. The van der Waals surface area contributed by atoms with Crippen molar-refractivity contribution in [1.29, 1.82) is 0 Å². The van der Waals surface area contributed by atoms with Gasteiger partial charge in [-0.3, -0.25) is 0 Å².